The second kappa shape index (κ2) is 4.25. The zero-order valence-corrected chi connectivity index (χ0v) is 9.67. The van der Waals surface area contributed by atoms with E-state index in [9.17, 15) is 4.79 Å². The number of hydrogen-bond acceptors (Lipinski definition) is 4. The van der Waals surface area contributed by atoms with Crippen LogP contribution in [0.15, 0.2) is 10.6 Å². The van der Waals surface area contributed by atoms with Crippen LogP contribution in [-0.2, 0) is 4.79 Å². The molecule has 1 unspecified atom stereocenters. The number of rotatable bonds is 3. The smallest absolute Gasteiger partial charge is 0.234 e. The number of amides is 1. The highest BCUT2D eigenvalue weighted by Gasteiger charge is 2.39. The van der Waals surface area contributed by atoms with Gasteiger partial charge in [0.1, 0.15) is 0 Å². The largest absolute Gasteiger partial charge is 0.338 e. The van der Waals surface area contributed by atoms with Crippen molar-refractivity contribution in [2.24, 2.45) is 5.41 Å². The lowest BCUT2D eigenvalue weighted by Crippen LogP contribution is -2.37. The fourth-order valence-electron chi connectivity index (χ4n) is 2.07. The third-order valence-corrected chi connectivity index (χ3v) is 3.27. The van der Waals surface area contributed by atoms with Crippen molar-refractivity contribution < 1.29 is 9.32 Å². The first-order chi connectivity index (χ1) is 7.66. The van der Waals surface area contributed by atoms with Gasteiger partial charge in [-0.15, -0.1) is 0 Å². The summed E-state index contributed by atoms with van der Waals surface area (Å²) in [6.07, 6.45) is 1.71. The van der Waals surface area contributed by atoms with Crippen molar-refractivity contribution in [3.8, 4) is 0 Å². The van der Waals surface area contributed by atoms with Gasteiger partial charge in [-0.3, -0.25) is 10.1 Å². The molecule has 1 aliphatic heterocycles. The second-order valence-electron chi connectivity index (χ2n) is 4.35. The molecular weight excluding hydrogens is 206 g/mol. The highest BCUT2D eigenvalue weighted by atomic mass is 16.5. The van der Waals surface area contributed by atoms with Crippen LogP contribution in [0.25, 0.3) is 0 Å². The van der Waals surface area contributed by atoms with Crippen molar-refractivity contribution in [3.05, 3.63) is 11.8 Å². The Morgan fingerprint density at radius 2 is 2.56 bits per heavy atom. The van der Waals surface area contributed by atoms with E-state index in [1.165, 1.54) is 0 Å². The Morgan fingerprint density at radius 3 is 3.06 bits per heavy atom. The molecule has 0 bridgehead atoms. The quantitative estimate of drug-likeness (QED) is 0.810. The number of carbonyl (C=O) groups excluding carboxylic acids is 1. The first kappa shape index (κ1) is 11.1. The molecule has 5 heteroatoms. The van der Waals surface area contributed by atoms with Gasteiger partial charge in [-0.05, 0) is 26.3 Å². The number of aromatic nitrogens is 1. The van der Waals surface area contributed by atoms with Crippen LogP contribution in [0.1, 0.15) is 25.5 Å². The highest BCUT2D eigenvalue weighted by molar-refractivity contribution is 5.94. The Kier molecular flexibility index (Phi) is 2.96. The third-order valence-electron chi connectivity index (χ3n) is 3.27. The van der Waals surface area contributed by atoms with E-state index in [1.54, 1.807) is 6.07 Å². The molecule has 5 nitrogen and oxygen atoms in total. The minimum absolute atomic E-state index is 0.0242. The lowest BCUT2D eigenvalue weighted by Gasteiger charge is -2.24. The molecule has 1 fully saturated rings. The zero-order chi connectivity index (χ0) is 11.6. The number of anilines is 1. The van der Waals surface area contributed by atoms with Crippen molar-refractivity contribution in [1.29, 1.82) is 0 Å². The van der Waals surface area contributed by atoms with E-state index in [2.05, 4.69) is 15.8 Å². The van der Waals surface area contributed by atoms with Crippen LogP contribution in [-0.4, -0.2) is 24.2 Å². The van der Waals surface area contributed by atoms with Crippen LogP contribution in [0.4, 0.5) is 5.88 Å². The molecule has 0 aliphatic carbocycles. The number of nitrogens with zero attached hydrogens (tertiary/aromatic N) is 1. The molecule has 1 aliphatic rings. The number of carbonyl (C=O) groups is 1. The average molecular weight is 223 g/mol. The average Bonchev–Trinajstić information content (AvgIpc) is 2.88. The van der Waals surface area contributed by atoms with Gasteiger partial charge in [0.2, 0.25) is 11.8 Å². The summed E-state index contributed by atoms with van der Waals surface area (Å²) >= 11 is 0. The minimum Gasteiger partial charge on any atom is -0.338 e. The molecule has 88 valence electrons. The van der Waals surface area contributed by atoms with Crippen molar-refractivity contribution in [3.63, 3.8) is 0 Å². The van der Waals surface area contributed by atoms with Gasteiger partial charge in [-0.1, -0.05) is 12.1 Å². The van der Waals surface area contributed by atoms with Crippen LogP contribution in [0, 0.1) is 12.3 Å². The van der Waals surface area contributed by atoms with Crippen LogP contribution < -0.4 is 10.6 Å². The Hall–Kier alpha value is -1.36. The molecule has 0 aromatic carbocycles. The van der Waals surface area contributed by atoms with Gasteiger partial charge in [0.05, 0.1) is 11.1 Å². The van der Waals surface area contributed by atoms with Crippen LogP contribution in [0.3, 0.4) is 0 Å². The van der Waals surface area contributed by atoms with E-state index in [1.807, 2.05) is 13.8 Å². The van der Waals surface area contributed by atoms with E-state index in [0.29, 0.717) is 5.88 Å². The monoisotopic (exact) mass is 223 g/mol. The second-order valence-corrected chi connectivity index (χ2v) is 4.35. The molecule has 0 radical (unpaired) electrons. The minimum atomic E-state index is -0.291. The summed E-state index contributed by atoms with van der Waals surface area (Å²) < 4.78 is 4.98. The molecule has 1 aromatic rings. The van der Waals surface area contributed by atoms with Crippen molar-refractivity contribution in [1.82, 2.24) is 10.5 Å². The molecule has 2 heterocycles. The maximum Gasteiger partial charge on any atom is 0.234 e. The van der Waals surface area contributed by atoms with Gasteiger partial charge >= 0.3 is 0 Å². The SMILES string of the molecule is CCC1(C(=O)Nc2cc(C)no2)CCNC1. The van der Waals surface area contributed by atoms with Gasteiger partial charge < -0.3 is 9.84 Å². The first-order valence-corrected chi connectivity index (χ1v) is 5.62. The number of hydrogen-bond donors (Lipinski definition) is 2. The summed E-state index contributed by atoms with van der Waals surface area (Å²) in [6.45, 7) is 5.50. The molecule has 2 N–H and O–H groups in total. The molecule has 1 amide bonds. The van der Waals surface area contributed by atoms with E-state index in [-0.39, 0.29) is 11.3 Å². The maximum absolute atomic E-state index is 12.1. The van der Waals surface area contributed by atoms with Gasteiger partial charge in [-0.25, -0.2) is 0 Å². The fourth-order valence-corrected chi connectivity index (χ4v) is 2.07. The summed E-state index contributed by atoms with van der Waals surface area (Å²) in [5.41, 5.74) is 0.478. The predicted octanol–water partition coefficient (Wildman–Crippen LogP) is 1.31. The highest BCUT2D eigenvalue weighted by Crippen LogP contribution is 2.30. The van der Waals surface area contributed by atoms with Crippen molar-refractivity contribution >= 4 is 11.8 Å². The molecule has 16 heavy (non-hydrogen) atoms. The topological polar surface area (TPSA) is 67.2 Å². The first-order valence-electron chi connectivity index (χ1n) is 5.62. The van der Waals surface area contributed by atoms with Crippen LogP contribution in [0.5, 0.6) is 0 Å². The Bertz CT molecular complexity index is 380. The zero-order valence-electron chi connectivity index (χ0n) is 9.67. The van der Waals surface area contributed by atoms with E-state index < -0.39 is 0 Å². The standard InChI is InChI=1S/C11H17N3O2/c1-3-11(4-5-12-7-11)10(15)13-9-6-8(2)14-16-9/h6,12H,3-5,7H2,1-2H3,(H,13,15). The van der Waals surface area contributed by atoms with E-state index in [4.69, 9.17) is 4.52 Å². The molecule has 1 atom stereocenters. The molecule has 1 saturated heterocycles. The molecular formula is C11H17N3O2. The summed E-state index contributed by atoms with van der Waals surface area (Å²) in [5.74, 6) is 0.457. The van der Waals surface area contributed by atoms with Crippen molar-refractivity contribution in [2.45, 2.75) is 26.7 Å². The third kappa shape index (κ3) is 1.95. The summed E-state index contributed by atoms with van der Waals surface area (Å²) in [6, 6.07) is 1.73. The maximum atomic E-state index is 12.1. The summed E-state index contributed by atoms with van der Waals surface area (Å²) in [4.78, 5) is 12.1. The number of nitrogens with one attached hydrogen (secondary N) is 2. The predicted molar refractivity (Wildman–Crippen MR) is 60.1 cm³/mol. The Balaban J connectivity index is 2.07. The Morgan fingerprint density at radius 1 is 1.75 bits per heavy atom. The van der Waals surface area contributed by atoms with Crippen molar-refractivity contribution in [2.75, 3.05) is 18.4 Å². The lowest BCUT2D eigenvalue weighted by molar-refractivity contribution is -0.125. The molecule has 0 saturated carbocycles. The van der Waals surface area contributed by atoms with E-state index in [0.717, 1.165) is 31.6 Å². The van der Waals surface area contributed by atoms with Gasteiger partial charge in [0.15, 0.2) is 0 Å². The van der Waals surface area contributed by atoms with Crippen LogP contribution >= 0.6 is 0 Å². The van der Waals surface area contributed by atoms with Gasteiger partial charge in [-0.2, -0.15) is 0 Å². The lowest BCUT2D eigenvalue weighted by atomic mass is 9.83. The molecule has 1 aromatic heterocycles. The van der Waals surface area contributed by atoms with Gasteiger partial charge in [0.25, 0.3) is 0 Å². The Labute approximate surface area is 94.6 Å². The van der Waals surface area contributed by atoms with Crippen LogP contribution in [0.2, 0.25) is 0 Å². The fraction of sp³-hybridized carbons (Fsp3) is 0.636. The summed E-state index contributed by atoms with van der Waals surface area (Å²) in [7, 11) is 0. The van der Waals surface area contributed by atoms with Gasteiger partial charge in [0, 0.05) is 12.6 Å². The molecule has 2 rings (SSSR count). The van der Waals surface area contributed by atoms with E-state index >= 15 is 0 Å². The molecule has 0 spiro atoms. The number of aryl methyl sites for hydroxylation is 1. The normalized spacial score (nSPS) is 24.6. The summed E-state index contributed by atoms with van der Waals surface area (Å²) in [5, 5.41) is 9.76.